The molecule has 8 heteroatoms. The summed E-state index contributed by atoms with van der Waals surface area (Å²) in [5, 5.41) is 15.7. The van der Waals surface area contributed by atoms with Crippen molar-refractivity contribution in [2.45, 2.75) is 6.54 Å². The van der Waals surface area contributed by atoms with Crippen LogP contribution in [0, 0.1) is 0 Å². The quantitative estimate of drug-likeness (QED) is 0.488. The van der Waals surface area contributed by atoms with Gasteiger partial charge in [-0.1, -0.05) is 12.1 Å². The summed E-state index contributed by atoms with van der Waals surface area (Å²) in [5.41, 5.74) is 4.90. The van der Waals surface area contributed by atoms with Crippen molar-refractivity contribution in [2.75, 3.05) is 36.9 Å². The molecule has 8 nitrogen and oxygen atoms in total. The van der Waals surface area contributed by atoms with Crippen molar-refractivity contribution in [2.24, 2.45) is 0 Å². The van der Waals surface area contributed by atoms with Gasteiger partial charge < -0.3 is 20.5 Å². The molecule has 0 spiro atoms. The summed E-state index contributed by atoms with van der Waals surface area (Å²) >= 11 is 0. The average molecular weight is 457 g/mol. The number of aromatic nitrogens is 1. The highest BCUT2D eigenvalue weighted by Crippen LogP contribution is 2.38. The maximum atomic E-state index is 13.0. The van der Waals surface area contributed by atoms with Crippen molar-refractivity contribution in [1.29, 1.82) is 0 Å². The maximum absolute atomic E-state index is 13.0. The topological polar surface area (TPSA) is 104 Å². The zero-order valence-electron chi connectivity index (χ0n) is 18.5. The Hall–Kier alpha value is -4.01. The number of hydrogen-bond acceptors (Lipinski definition) is 6. The number of carbonyl (C=O) groups excluding carboxylic acids is 1. The van der Waals surface area contributed by atoms with Gasteiger partial charge in [-0.15, -0.1) is 0 Å². The van der Waals surface area contributed by atoms with Crippen LogP contribution in [0.2, 0.25) is 0 Å². The summed E-state index contributed by atoms with van der Waals surface area (Å²) in [6, 6.07) is 16.4. The first-order chi connectivity index (χ1) is 16.6. The number of rotatable bonds is 6. The highest BCUT2D eigenvalue weighted by atomic mass is 16.5. The molecule has 0 aliphatic carbocycles. The van der Waals surface area contributed by atoms with Crippen molar-refractivity contribution in [3.8, 4) is 0 Å². The maximum Gasteiger partial charge on any atom is 0.335 e. The molecule has 0 unspecified atom stereocenters. The molecule has 1 saturated heterocycles. The van der Waals surface area contributed by atoms with Gasteiger partial charge in [0.15, 0.2) is 0 Å². The molecule has 34 heavy (non-hydrogen) atoms. The first-order valence-electron chi connectivity index (χ1n) is 11.1. The number of nitrogens with zero attached hydrogens (tertiary/aromatic N) is 2. The summed E-state index contributed by atoms with van der Waals surface area (Å²) in [5.74, 6) is -1.35. The Balaban J connectivity index is 1.50. The summed E-state index contributed by atoms with van der Waals surface area (Å²) < 4.78 is 5.42. The van der Waals surface area contributed by atoms with Gasteiger partial charge in [-0.3, -0.25) is 14.7 Å². The van der Waals surface area contributed by atoms with Crippen LogP contribution in [0.25, 0.3) is 11.3 Å². The highest BCUT2D eigenvalue weighted by Gasteiger charge is 2.29. The van der Waals surface area contributed by atoms with Crippen LogP contribution in [0.4, 0.5) is 11.4 Å². The van der Waals surface area contributed by atoms with Crippen molar-refractivity contribution in [1.82, 2.24) is 9.88 Å². The molecular formula is C26H24N4O4. The minimum atomic E-state index is -1.05. The molecule has 172 valence electrons. The van der Waals surface area contributed by atoms with E-state index in [9.17, 15) is 14.7 Å². The third kappa shape index (κ3) is 4.54. The SMILES string of the molecule is O=C1Nc2ccc(C(=O)O)cc2C1=C(Nc1ccc(CN2CCOCC2)cc1)c1cccnc1. The van der Waals surface area contributed by atoms with E-state index in [1.54, 1.807) is 24.5 Å². The van der Waals surface area contributed by atoms with E-state index in [1.165, 1.54) is 17.7 Å². The van der Waals surface area contributed by atoms with Crippen LogP contribution in [0.1, 0.15) is 27.0 Å². The lowest BCUT2D eigenvalue weighted by molar-refractivity contribution is -0.110. The molecule has 5 rings (SSSR count). The van der Waals surface area contributed by atoms with Gasteiger partial charge in [-0.2, -0.15) is 0 Å². The standard InChI is InChI=1S/C26H24N4O4/c31-25-23(21-14-18(26(32)33)5-8-22(21)29-25)24(19-2-1-9-27-15-19)28-20-6-3-17(4-7-20)16-30-10-12-34-13-11-30/h1-9,14-15,28H,10-13,16H2,(H,29,31)(H,32,33). The van der Waals surface area contributed by atoms with E-state index in [0.717, 1.165) is 44.1 Å². The predicted molar refractivity (Wildman–Crippen MR) is 129 cm³/mol. The van der Waals surface area contributed by atoms with Gasteiger partial charge in [0.05, 0.1) is 30.0 Å². The molecule has 2 aliphatic rings. The number of carboxylic acid groups (broad SMARTS) is 1. The van der Waals surface area contributed by atoms with Crippen LogP contribution < -0.4 is 10.6 Å². The lowest BCUT2D eigenvalue weighted by atomic mass is 9.99. The van der Waals surface area contributed by atoms with E-state index in [0.29, 0.717) is 22.5 Å². The van der Waals surface area contributed by atoms with E-state index < -0.39 is 5.97 Å². The second-order valence-electron chi connectivity index (χ2n) is 8.22. The minimum absolute atomic E-state index is 0.116. The zero-order chi connectivity index (χ0) is 23.5. The molecule has 2 aromatic carbocycles. The first-order valence-corrected chi connectivity index (χ1v) is 11.1. The lowest BCUT2D eigenvalue weighted by Crippen LogP contribution is -2.35. The Morgan fingerprint density at radius 2 is 1.88 bits per heavy atom. The number of morpholine rings is 1. The number of amides is 1. The number of pyridine rings is 1. The Kier molecular flexibility index (Phi) is 6.07. The number of benzene rings is 2. The van der Waals surface area contributed by atoms with Crippen LogP contribution in [-0.4, -0.2) is 53.2 Å². The number of carbonyl (C=O) groups is 2. The molecule has 1 amide bonds. The van der Waals surface area contributed by atoms with Crippen molar-refractivity contribution < 1.29 is 19.4 Å². The molecule has 3 aromatic rings. The van der Waals surface area contributed by atoms with Crippen molar-refractivity contribution in [3.05, 3.63) is 89.2 Å². The van der Waals surface area contributed by atoms with E-state index in [1.807, 2.05) is 18.2 Å². The molecule has 0 atom stereocenters. The summed E-state index contributed by atoms with van der Waals surface area (Å²) in [4.78, 5) is 31.1. The Morgan fingerprint density at radius 3 is 2.59 bits per heavy atom. The molecule has 0 bridgehead atoms. The van der Waals surface area contributed by atoms with Gasteiger partial charge in [0.2, 0.25) is 0 Å². The molecule has 0 saturated carbocycles. The smallest absolute Gasteiger partial charge is 0.335 e. The van der Waals surface area contributed by atoms with Crippen LogP contribution in [-0.2, 0) is 16.1 Å². The third-order valence-corrected chi connectivity index (χ3v) is 5.94. The lowest BCUT2D eigenvalue weighted by Gasteiger charge is -2.26. The Bertz CT molecular complexity index is 1250. The van der Waals surface area contributed by atoms with Gasteiger partial charge in [-0.25, -0.2) is 4.79 Å². The van der Waals surface area contributed by atoms with Gasteiger partial charge >= 0.3 is 5.97 Å². The molecule has 0 radical (unpaired) electrons. The third-order valence-electron chi connectivity index (χ3n) is 5.94. The average Bonchev–Trinajstić information content (AvgIpc) is 3.19. The van der Waals surface area contributed by atoms with Gasteiger partial charge in [0.1, 0.15) is 0 Å². The number of carboxylic acids is 1. The molecular weight excluding hydrogens is 432 g/mol. The van der Waals surface area contributed by atoms with Crippen LogP contribution >= 0.6 is 0 Å². The second-order valence-corrected chi connectivity index (χ2v) is 8.22. The normalized spacial score (nSPS) is 17.1. The summed E-state index contributed by atoms with van der Waals surface area (Å²) in [6.45, 7) is 4.21. The van der Waals surface area contributed by atoms with Crippen LogP contribution in [0.15, 0.2) is 67.0 Å². The molecule has 3 heterocycles. The molecule has 2 aliphatic heterocycles. The highest BCUT2D eigenvalue weighted by molar-refractivity contribution is 6.37. The fourth-order valence-electron chi connectivity index (χ4n) is 4.19. The predicted octanol–water partition coefficient (Wildman–Crippen LogP) is 3.54. The first kappa shape index (κ1) is 21.8. The number of hydrogen-bond donors (Lipinski definition) is 3. The van der Waals surface area contributed by atoms with Gasteiger partial charge in [0, 0.05) is 54.5 Å². The largest absolute Gasteiger partial charge is 0.478 e. The molecule has 1 aromatic heterocycles. The number of fused-ring (bicyclic) bond motifs is 1. The molecule has 1 fully saturated rings. The van der Waals surface area contributed by atoms with E-state index in [2.05, 4.69) is 32.7 Å². The fraction of sp³-hybridized carbons (Fsp3) is 0.192. The summed E-state index contributed by atoms with van der Waals surface area (Å²) in [6.07, 6.45) is 3.34. The Labute approximate surface area is 196 Å². The number of ether oxygens (including phenoxy) is 1. The van der Waals surface area contributed by atoms with Crippen molar-refractivity contribution >= 4 is 34.5 Å². The monoisotopic (exact) mass is 456 g/mol. The van der Waals surface area contributed by atoms with E-state index in [-0.39, 0.29) is 11.5 Å². The number of nitrogens with one attached hydrogen (secondary N) is 2. The number of aromatic carboxylic acids is 1. The van der Waals surface area contributed by atoms with Crippen LogP contribution in [0.3, 0.4) is 0 Å². The summed E-state index contributed by atoms with van der Waals surface area (Å²) in [7, 11) is 0. The Morgan fingerprint density at radius 1 is 1.09 bits per heavy atom. The zero-order valence-corrected chi connectivity index (χ0v) is 18.5. The van der Waals surface area contributed by atoms with Gasteiger partial charge in [0.25, 0.3) is 5.91 Å². The van der Waals surface area contributed by atoms with Crippen LogP contribution in [0.5, 0.6) is 0 Å². The minimum Gasteiger partial charge on any atom is -0.478 e. The van der Waals surface area contributed by atoms with Crippen molar-refractivity contribution in [3.63, 3.8) is 0 Å². The van der Waals surface area contributed by atoms with E-state index in [4.69, 9.17) is 4.74 Å². The fourth-order valence-corrected chi connectivity index (χ4v) is 4.19. The number of anilines is 2. The van der Waals surface area contributed by atoms with E-state index >= 15 is 0 Å². The van der Waals surface area contributed by atoms with Gasteiger partial charge in [-0.05, 0) is 48.0 Å². The second kappa shape index (κ2) is 9.46. The molecule has 3 N–H and O–H groups in total.